The maximum Gasteiger partial charge on any atom is 0.164 e. The third-order valence-electron chi connectivity index (χ3n) is 4.90. The monoisotopic (exact) mass is 392 g/mol. The molecule has 0 bridgehead atoms. The number of halogens is 1. The van der Waals surface area contributed by atoms with E-state index in [1.807, 2.05) is 11.3 Å². The summed E-state index contributed by atoms with van der Waals surface area (Å²) in [5.74, 6) is 0.512. The van der Waals surface area contributed by atoms with E-state index < -0.39 is 0 Å². The van der Waals surface area contributed by atoms with E-state index in [4.69, 9.17) is 10.1 Å². The summed E-state index contributed by atoms with van der Waals surface area (Å²) in [6, 6.07) is 4.45. The van der Waals surface area contributed by atoms with Crippen molar-refractivity contribution in [3.63, 3.8) is 0 Å². The van der Waals surface area contributed by atoms with Crippen LogP contribution >= 0.6 is 23.7 Å². The third kappa shape index (κ3) is 3.47. The molecule has 0 aliphatic carbocycles. The van der Waals surface area contributed by atoms with E-state index in [9.17, 15) is 0 Å². The Morgan fingerprint density at radius 3 is 2.31 bits per heavy atom. The van der Waals surface area contributed by atoms with Crippen molar-refractivity contribution >= 4 is 34.4 Å². The standard InChI is InChI=1S/C20H28N4S.ClH/c1-8-15(9-2)16-11-13(4)21-20-18(14(5)22-24(16)20)19-12(3)10-17(25-19)23(6)7;/h10-11,15H,8-9H2,1-7H3;1H. The molecule has 0 aliphatic heterocycles. The van der Waals surface area contributed by atoms with Gasteiger partial charge in [0.2, 0.25) is 0 Å². The molecule has 26 heavy (non-hydrogen) atoms. The number of thiophene rings is 1. The molecular weight excluding hydrogens is 364 g/mol. The summed E-state index contributed by atoms with van der Waals surface area (Å²) in [6.07, 6.45) is 2.23. The Morgan fingerprint density at radius 2 is 1.77 bits per heavy atom. The topological polar surface area (TPSA) is 33.4 Å². The quantitative estimate of drug-likeness (QED) is 0.552. The maximum absolute atomic E-state index is 4.89. The SMILES string of the molecule is CCC(CC)c1cc(C)nc2c(-c3sc(N(C)C)cc3C)c(C)nn12.Cl. The first-order valence-electron chi connectivity index (χ1n) is 9.02. The summed E-state index contributed by atoms with van der Waals surface area (Å²) in [5, 5.41) is 6.15. The molecular formula is C20H29ClN4S. The van der Waals surface area contributed by atoms with Crippen molar-refractivity contribution in [1.29, 1.82) is 0 Å². The van der Waals surface area contributed by atoms with Gasteiger partial charge in [-0.15, -0.1) is 23.7 Å². The Balaban J connectivity index is 0.00000243. The van der Waals surface area contributed by atoms with Gasteiger partial charge < -0.3 is 4.90 Å². The Labute approximate surface area is 166 Å². The lowest BCUT2D eigenvalue weighted by molar-refractivity contribution is 0.598. The van der Waals surface area contributed by atoms with E-state index in [-0.39, 0.29) is 12.4 Å². The first-order chi connectivity index (χ1) is 11.9. The number of aryl methyl sites for hydroxylation is 3. The highest BCUT2D eigenvalue weighted by Gasteiger charge is 2.22. The minimum atomic E-state index is 0. The van der Waals surface area contributed by atoms with Gasteiger partial charge in [-0.25, -0.2) is 9.50 Å². The zero-order valence-electron chi connectivity index (χ0n) is 16.8. The van der Waals surface area contributed by atoms with E-state index in [1.165, 1.54) is 26.7 Å². The number of nitrogens with zero attached hydrogens (tertiary/aromatic N) is 4. The Morgan fingerprint density at radius 1 is 1.12 bits per heavy atom. The fourth-order valence-electron chi connectivity index (χ4n) is 3.47. The molecule has 0 aliphatic rings. The molecule has 3 rings (SSSR count). The van der Waals surface area contributed by atoms with Gasteiger partial charge in [0.15, 0.2) is 5.65 Å². The molecule has 0 aromatic carbocycles. The van der Waals surface area contributed by atoms with Gasteiger partial charge in [0.05, 0.1) is 16.3 Å². The second-order valence-electron chi connectivity index (χ2n) is 7.02. The maximum atomic E-state index is 4.89. The van der Waals surface area contributed by atoms with Gasteiger partial charge in [0.1, 0.15) is 0 Å². The normalized spacial score (nSPS) is 11.2. The number of hydrogen-bond donors (Lipinski definition) is 0. The minimum Gasteiger partial charge on any atom is -0.370 e. The number of hydrogen-bond acceptors (Lipinski definition) is 4. The lowest BCUT2D eigenvalue weighted by atomic mass is 9.98. The van der Waals surface area contributed by atoms with Gasteiger partial charge in [-0.2, -0.15) is 5.10 Å². The summed E-state index contributed by atoms with van der Waals surface area (Å²) in [5.41, 5.74) is 6.88. The molecule has 6 heteroatoms. The van der Waals surface area contributed by atoms with Crippen LogP contribution in [0.5, 0.6) is 0 Å². The summed E-state index contributed by atoms with van der Waals surface area (Å²) < 4.78 is 2.09. The first-order valence-corrected chi connectivity index (χ1v) is 9.83. The van der Waals surface area contributed by atoms with E-state index in [1.54, 1.807) is 0 Å². The fourth-order valence-corrected chi connectivity index (χ4v) is 4.66. The average Bonchev–Trinajstić information content (AvgIpc) is 3.08. The highest BCUT2D eigenvalue weighted by molar-refractivity contribution is 7.19. The number of rotatable bonds is 5. The molecule has 142 valence electrons. The highest BCUT2D eigenvalue weighted by atomic mass is 35.5. The average molecular weight is 393 g/mol. The van der Waals surface area contributed by atoms with Crippen molar-refractivity contribution in [2.75, 3.05) is 19.0 Å². The summed E-state index contributed by atoms with van der Waals surface area (Å²) in [4.78, 5) is 8.32. The zero-order chi connectivity index (χ0) is 18.3. The van der Waals surface area contributed by atoms with E-state index >= 15 is 0 Å². The molecule has 0 spiro atoms. The van der Waals surface area contributed by atoms with Crippen LogP contribution in [0.15, 0.2) is 12.1 Å². The van der Waals surface area contributed by atoms with Crippen molar-refractivity contribution in [3.8, 4) is 10.4 Å². The van der Waals surface area contributed by atoms with Gasteiger partial charge in [-0.05, 0) is 51.3 Å². The van der Waals surface area contributed by atoms with Gasteiger partial charge >= 0.3 is 0 Å². The second-order valence-corrected chi connectivity index (χ2v) is 8.05. The lowest BCUT2D eigenvalue weighted by Crippen LogP contribution is -2.07. The first kappa shape index (κ1) is 20.7. The minimum absolute atomic E-state index is 0. The molecule has 0 N–H and O–H groups in total. The van der Waals surface area contributed by atoms with Crippen molar-refractivity contribution in [2.45, 2.75) is 53.4 Å². The fraction of sp³-hybridized carbons (Fsp3) is 0.500. The Kier molecular flexibility index (Phi) is 6.35. The zero-order valence-corrected chi connectivity index (χ0v) is 18.4. The van der Waals surface area contributed by atoms with Crippen LogP contribution in [-0.4, -0.2) is 28.7 Å². The molecule has 3 heterocycles. The molecule has 0 fully saturated rings. The van der Waals surface area contributed by atoms with Crippen LogP contribution in [0.2, 0.25) is 0 Å². The second kappa shape index (κ2) is 7.97. The van der Waals surface area contributed by atoms with Crippen LogP contribution in [0.4, 0.5) is 5.00 Å². The number of anilines is 1. The predicted molar refractivity (Wildman–Crippen MR) is 115 cm³/mol. The molecule has 0 saturated heterocycles. The highest BCUT2D eigenvalue weighted by Crippen LogP contribution is 2.40. The molecule has 3 aromatic heterocycles. The Hall–Kier alpha value is -1.59. The Bertz CT molecular complexity index is 906. The molecule has 0 atom stereocenters. The van der Waals surface area contributed by atoms with Crippen LogP contribution in [0.3, 0.4) is 0 Å². The van der Waals surface area contributed by atoms with Crippen molar-refractivity contribution in [3.05, 3.63) is 34.8 Å². The van der Waals surface area contributed by atoms with Crippen molar-refractivity contribution in [1.82, 2.24) is 14.6 Å². The van der Waals surface area contributed by atoms with Gasteiger partial charge in [0.25, 0.3) is 0 Å². The van der Waals surface area contributed by atoms with Gasteiger partial charge in [-0.1, -0.05) is 13.8 Å². The molecule has 0 unspecified atom stereocenters. The van der Waals surface area contributed by atoms with E-state index in [0.29, 0.717) is 5.92 Å². The lowest BCUT2D eigenvalue weighted by Gasteiger charge is -2.15. The van der Waals surface area contributed by atoms with Crippen molar-refractivity contribution in [2.24, 2.45) is 0 Å². The summed E-state index contributed by atoms with van der Waals surface area (Å²) in [6.45, 7) is 10.9. The molecule has 0 saturated carbocycles. The summed E-state index contributed by atoms with van der Waals surface area (Å²) >= 11 is 1.82. The predicted octanol–water partition coefficient (Wildman–Crippen LogP) is 5.77. The number of aromatic nitrogens is 3. The van der Waals surface area contributed by atoms with E-state index in [0.717, 1.165) is 29.9 Å². The summed E-state index contributed by atoms with van der Waals surface area (Å²) in [7, 11) is 4.18. The van der Waals surface area contributed by atoms with Gasteiger partial charge in [-0.3, -0.25) is 0 Å². The molecule has 3 aromatic rings. The third-order valence-corrected chi connectivity index (χ3v) is 6.32. The van der Waals surface area contributed by atoms with Crippen LogP contribution < -0.4 is 4.90 Å². The van der Waals surface area contributed by atoms with Crippen LogP contribution in [0.1, 0.15) is 55.3 Å². The largest absolute Gasteiger partial charge is 0.370 e. The smallest absolute Gasteiger partial charge is 0.164 e. The van der Waals surface area contributed by atoms with E-state index in [2.05, 4.69) is 70.3 Å². The molecule has 0 amide bonds. The van der Waals surface area contributed by atoms with Crippen LogP contribution in [-0.2, 0) is 0 Å². The molecule has 4 nitrogen and oxygen atoms in total. The van der Waals surface area contributed by atoms with Crippen LogP contribution in [0, 0.1) is 20.8 Å². The molecule has 0 radical (unpaired) electrons. The van der Waals surface area contributed by atoms with Gasteiger partial charge in [0, 0.05) is 36.3 Å². The van der Waals surface area contributed by atoms with Crippen molar-refractivity contribution < 1.29 is 0 Å². The number of fused-ring (bicyclic) bond motifs is 1. The van der Waals surface area contributed by atoms with Crippen LogP contribution in [0.25, 0.3) is 16.1 Å².